The van der Waals surface area contributed by atoms with Gasteiger partial charge in [0.15, 0.2) is 0 Å². The smallest absolute Gasteiger partial charge is 0.328 e. The standard InChI is InChI=1S/C17H30N6O9/c18-4-2-1-3-8(19)14(28)21-10(6-13(26)27)16(30)22-9(5-12(20)25)15(29)23-11(7-24)17(31)32/h8-11,24H,1-7,18-19H2,(H2,20,25)(H,21,28)(H,22,30)(H,23,29)(H,26,27)(H,31,32). The summed E-state index contributed by atoms with van der Waals surface area (Å²) in [6.45, 7) is -0.585. The maximum absolute atomic E-state index is 12.5. The van der Waals surface area contributed by atoms with Crippen LogP contribution in [0.2, 0.25) is 0 Å². The molecule has 15 heteroatoms. The van der Waals surface area contributed by atoms with Gasteiger partial charge in [0, 0.05) is 0 Å². The monoisotopic (exact) mass is 462 g/mol. The topological polar surface area (TPSA) is 277 Å². The lowest BCUT2D eigenvalue weighted by molar-refractivity contribution is -0.144. The third kappa shape index (κ3) is 11.2. The van der Waals surface area contributed by atoms with Crippen molar-refractivity contribution in [2.24, 2.45) is 17.2 Å². The molecule has 4 unspecified atom stereocenters. The molecule has 0 radical (unpaired) electrons. The van der Waals surface area contributed by atoms with E-state index in [4.69, 9.17) is 32.5 Å². The Morgan fingerprint density at radius 1 is 0.781 bits per heavy atom. The van der Waals surface area contributed by atoms with E-state index in [1.165, 1.54) is 0 Å². The molecule has 0 aliphatic carbocycles. The van der Waals surface area contributed by atoms with E-state index in [1.54, 1.807) is 0 Å². The second kappa shape index (κ2) is 14.7. The fraction of sp³-hybridized carbons (Fsp3) is 0.647. The predicted molar refractivity (Wildman–Crippen MR) is 107 cm³/mol. The lowest BCUT2D eigenvalue weighted by Crippen LogP contribution is -2.58. The van der Waals surface area contributed by atoms with E-state index in [1.807, 2.05) is 5.32 Å². The van der Waals surface area contributed by atoms with Crippen LogP contribution < -0.4 is 33.2 Å². The molecule has 32 heavy (non-hydrogen) atoms. The molecule has 0 spiro atoms. The van der Waals surface area contributed by atoms with Gasteiger partial charge >= 0.3 is 11.9 Å². The summed E-state index contributed by atoms with van der Waals surface area (Å²) in [5, 5.41) is 33.1. The van der Waals surface area contributed by atoms with Gasteiger partial charge in [0.2, 0.25) is 23.6 Å². The van der Waals surface area contributed by atoms with Crippen molar-refractivity contribution in [2.75, 3.05) is 13.2 Å². The van der Waals surface area contributed by atoms with Crippen molar-refractivity contribution in [2.45, 2.75) is 56.3 Å². The molecule has 4 amide bonds. The van der Waals surface area contributed by atoms with Crippen molar-refractivity contribution in [1.82, 2.24) is 16.0 Å². The number of aliphatic hydroxyl groups is 1. The number of aliphatic hydroxyl groups excluding tert-OH is 1. The Bertz CT molecular complexity index is 702. The minimum atomic E-state index is -1.73. The first-order chi connectivity index (χ1) is 14.9. The van der Waals surface area contributed by atoms with Gasteiger partial charge in [-0.15, -0.1) is 0 Å². The molecule has 0 rings (SSSR count). The zero-order valence-electron chi connectivity index (χ0n) is 17.3. The average molecular weight is 462 g/mol. The zero-order chi connectivity index (χ0) is 24.8. The SMILES string of the molecule is NCCCCC(N)C(=O)NC(CC(=O)O)C(=O)NC(CC(N)=O)C(=O)NC(CO)C(=O)O. The summed E-state index contributed by atoms with van der Waals surface area (Å²) in [5.41, 5.74) is 16.1. The largest absolute Gasteiger partial charge is 0.481 e. The summed E-state index contributed by atoms with van der Waals surface area (Å²) in [6, 6.07) is -6.12. The molecule has 0 aromatic rings. The van der Waals surface area contributed by atoms with Crippen LogP contribution in [0.15, 0.2) is 0 Å². The van der Waals surface area contributed by atoms with Crippen LogP contribution in [0.25, 0.3) is 0 Å². The number of nitrogens with one attached hydrogen (secondary N) is 3. The Hall–Kier alpha value is -3.30. The van der Waals surface area contributed by atoms with E-state index in [0.717, 1.165) is 0 Å². The molecule has 0 fully saturated rings. The van der Waals surface area contributed by atoms with Gasteiger partial charge in [-0.25, -0.2) is 4.79 Å². The van der Waals surface area contributed by atoms with Crippen molar-refractivity contribution in [3.63, 3.8) is 0 Å². The molecule has 12 N–H and O–H groups in total. The molecule has 0 aromatic carbocycles. The highest BCUT2D eigenvalue weighted by molar-refractivity contribution is 5.97. The first-order valence-corrected chi connectivity index (χ1v) is 9.63. The van der Waals surface area contributed by atoms with Gasteiger partial charge in [0.1, 0.15) is 18.1 Å². The average Bonchev–Trinajstić information content (AvgIpc) is 2.69. The highest BCUT2D eigenvalue weighted by Gasteiger charge is 2.32. The quantitative estimate of drug-likeness (QED) is 0.0982. The van der Waals surface area contributed by atoms with Gasteiger partial charge in [0.25, 0.3) is 0 Å². The van der Waals surface area contributed by atoms with Crippen LogP contribution in [0.1, 0.15) is 32.1 Å². The van der Waals surface area contributed by atoms with Crippen molar-refractivity contribution in [1.29, 1.82) is 0 Å². The molecule has 0 bridgehead atoms. The lowest BCUT2D eigenvalue weighted by Gasteiger charge is -2.23. The third-order valence-electron chi connectivity index (χ3n) is 4.15. The second-order valence-corrected chi connectivity index (χ2v) is 6.86. The summed E-state index contributed by atoms with van der Waals surface area (Å²) in [4.78, 5) is 70.3. The van der Waals surface area contributed by atoms with Crippen LogP contribution in [-0.4, -0.2) is 88.2 Å². The van der Waals surface area contributed by atoms with Crippen molar-refractivity contribution < 1.29 is 44.1 Å². The number of carbonyl (C=O) groups is 6. The first kappa shape index (κ1) is 28.7. The molecule has 15 nitrogen and oxygen atoms in total. The number of carboxylic acids is 2. The van der Waals surface area contributed by atoms with E-state index in [2.05, 4.69) is 10.6 Å². The summed E-state index contributed by atoms with van der Waals surface area (Å²) < 4.78 is 0. The van der Waals surface area contributed by atoms with Crippen LogP contribution in [-0.2, 0) is 28.8 Å². The number of aliphatic carboxylic acids is 2. The third-order valence-corrected chi connectivity index (χ3v) is 4.15. The fourth-order valence-corrected chi connectivity index (χ4v) is 2.44. The van der Waals surface area contributed by atoms with Crippen molar-refractivity contribution in [3.8, 4) is 0 Å². The Morgan fingerprint density at radius 2 is 1.28 bits per heavy atom. The van der Waals surface area contributed by atoms with Crippen LogP contribution >= 0.6 is 0 Å². The number of primary amides is 1. The van der Waals surface area contributed by atoms with E-state index in [9.17, 15) is 28.8 Å². The number of carbonyl (C=O) groups excluding carboxylic acids is 4. The summed E-state index contributed by atoms with van der Waals surface area (Å²) in [6.07, 6.45) is -0.268. The summed E-state index contributed by atoms with van der Waals surface area (Å²) in [5.74, 6) is -7.20. The first-order valence-electron chi connectivity index (χ1n) is 9.63. The van der Waals surface area contributed by atoms with Gasteiger partial charge in [-0.1, -0.05) is 6.42 Å². The van der Waals surface area contributed by atoms with Crippen LogP contribution in [0.5, 0.6) is 0 Å². The maximum atomic E-state index is 12.5. The molecule has 182 valence electrons. The molecule has 0 saturated heterocycles. The Labute approximate surface area is 183 Å². The lowest BCUT2D eigenvalue weighted by atomic mass is 10.1. The van der Waals surface area contributed by atoms with Gasteiger partial charge in [-0.2, -0.15) is 0 Å². The van der Waals surface area contributed by atoms with Crippen LogP contribution in [0, 0.1) is 0 Å². The van der Waals surface area contributed by atoms with Crippen LogP contribution in [0.4, 0.5) is 0 Å². The Kier molecular flexibility index (Phi) is 13.1. The molecular weight excluding hydrogens is 432 g/mol. The molecule has 4 atom stereocenters. The van der Waals surface area contributed by atoms with Crippen molar-refractivity contribution >= 4 is 35.6 Å². The van der Waals surface area contributed by atoms with Gasteiger partial charge in [0.05, 0.1) is 25.5 Å². The Morgan fingerprint density at radius 3 is 1.72 bits per heavy atom. The molecule has 0 saturated carbocycles. The second-order valence-electron chi connectivity index (χ2n) is 6.86. The number of unbranched alkanes of at least 4 members (excludes halogenated alkanes) is 1. The molecule has 0 aromatic heterocycles. The number of nitrogens with two attached hydrogens (primary N) is 3. The number of rotatable bonds is 16. The Balaban J connectivity index is 5.37. The number of hydrogen-bond donors (Lipinski definition) is 9. The molecule has 0 aliphatic rings. The normalized spacial score (nSPS) is 14.3. The van der Waals surface area contributed by atoms with E-state index in [0.29, 0.717) is 19.4 Å². The number of carboxylic acid groups (broad SMARTS) is 2. The molecule has 0 heterocycles. The van der Waals surface area contributed by atoms with Gasteiger partial charge in [-0.05, 0) is 19.4 Å². The van der Waals surface area contributed by atoms with E-state index in [-0.39, 0.29) is 6.42 Å². The van der Waals surface area contributed by atoms with E-state index < -0.39 is 79.2 Å². The van der Waals surface area contributed by atoms with Gasteiger partial charge < -0.3 is 48.5 Å². The fourth-order valence-electron chi connectivity index (χ4n) is 2.44. The molecule has 0 aliphatic heterocycles. The number of amides is 4. The minimum Gasteiger partial charge on any atom is -0.481 e. The van der Waals surface area contributed by atoms with Crippen molar-refractivity contribution in [3.05, 3.63) is 0 Å². The number of hydrogen-bond acceptors (Lipinski definition) is 9. The van der Waals surface area contributed by atoms with E-state index >= 15 is 0 Å². The van der Waals surface area contributed by atoms with Gasteiger partial charge in [-0.3, -0.25) is 24.0 Å². The summed E-state index contributed by atoms with van der Waals surface area (Å²) in [7, 11) is 0. The maximum Gasteiger partial charge on any atom is 0.328 e. The highest BCUT2D eigenvalue weighted by atomic mass is 16.4. The van der Waals surface area contributed by atoms with Crippen LogP contribution in [0.3, 0.4) is 0 Å². The predicted octanol–water partition coefficient (Wildman–Crippen LogP) is -4.68. The zero-order valence-corrected chi connectivity index (χ0v) is 17.3. The summed E-state index contributed by atoms with van der Waals surface area (Å²) >= 11 is 0. The highest BCUT2D eigenvalue weighted by Crippen LogP contribution is 2.02. The molecular formula is C17H30N6O9. The minimum absolute atomic E-state index is 0.231.